The molecule has 0 saturated carbocycles. The standard InChI is InChI=1S/C15H12Cl2INO/c16-10-2-4-15-9(5-10)6-12(20-15)8-19-14-3-1-11(17)7-13(14)18/h1-5,7,12,19H,6,8H2. The predicted molar refractivity (Wildman–Crippen MR) is 92.2 cm³/mol. The van der Waals surface area contributed by atoms with E-state index in [1.807, 2.05) is 36.4 Å². The van der Waals surface area contributed by atoms with E-state index in [0.717, 1.165) is 38.0 Å². The fourth-order valence-electron chi connectivity index (χ4n) is 2.26. The summed E-state index contributed by atoms with van der Waals surface area (Å²) in [5, 5.41) is 4.91. The molecule has 1 unspecified atom stereocenters. The van der Waals surface area contributed by atoms with E-state index in [1.54, 1.807) is 0 Å². The summed E-state index contributed by atoms with van der Waals surface area (Å²) in [5.41, 5.74) is 2.25. The minimum Gasteiger partial charge on any atom is -0.488 e. The first-order chi connectivity index (χ1) is 9.61. The molecule has 0 fully saturated rings. The van der Waals surface area contributed by atoms with Crippen LogP contribution in [0.3, 0.4) is 0 Å². The van der Waals surface area contributed by atoms with Gasteiger partial charge in [0, 0.05) is 25.7 Å². The molecule has 104 valence electrons. The van der Waals surface area contributed by atoms with Crippen molar-refractivity contribution in [3.05, 3.63) is 55.6 Å². The zero-order chi connectivity index (χ0) is 14.1. The Morgan fingerprint density at radius 2 is 1.90 bits per heavy atom. The molecule has 1 aliphatic heterocycles. The highest BCUT2D eigenvalue weighted by molar-refractivity contribution is 14.1. The van der Waals surface area contributed by atoms with Gasteiger partial charge >= 0.3 is 0 Å². The lowest BCUT2D eigenvalue weighted by molar-refractivity contribution is 0.246. The average molecular weight is 420 g/mol. The smallest absolute Gasteiger partial charge is 0.123 e. The van der Waals surface area contributed by atoms with Crippen LogP contribution >= 0.6 is 45.8 Å². The van der Waals surface area contributed by atoms with Gasteiger partial charge in [0.15, 0.2) is 0 Å². The van der Waals surface area contributed by atoms with Crippen LogP contribution in [0.15, 0.2) is 36.4 Å². The first kappa shape index (κ1) is 14.3. The van der Waals surface area contributed by atoms with Gasteiger partial charge < -0.3 is 10.1 Å². The van der Waals surface area contributed by atoms with Gasteiger partial charge in [0.1, 0.15) is 11.9 Å². The highest BCUT2D eigenvalue weighted by atomic mass is 127. The van der Waals surface area contributed by atoms with E-state index in [0.29, 0.717) is 0 Å². The maximum Gasteiger partial charge on any atom is 0.123 e. The zero-order valence-electron chi connectivity index (χ0n) is 10.5. The van der Waals surface area contributed by atoms with Crippen LogP contribution in [0, 0.1) is 3.57 Å². The monoisotopic (exact) mass is 419 g/mol. The molecule has 0 bridgehead atoms. The van der Waals surface area contributed by atoms with Gasteiger partial charge in [0.2, 0.25) is 0 Å². The number of anilines is 1. The second-order valence-electron chi connectivity index (χ2n) is 4.70. The maximum atomic E-state index is 5.99. The van der Waals surface area contributed by atoms with Crippen molar-refractivity contribution in [3.63, 3.8) is 0 Å². The summed E-state index contributed by atoms with van der Waals surface area (Å²) in [6.45, 7) is 0.754. The summed E-state index contributed by atoms with van der Waals surface area (Å²) < 4.78 is 7.00. The summed E-state index contributed by atoms with van der Waals surface area (Å²) in [4.78, 5) is 0. The minimum absolute atomic E-state index is 0.134. The third-order valence-electron chi connectivity index (χ3n) is 3.22. The van der Waals surface area contributed by atoms with E-state index in [4.69, 9.17) is 27.9 Å². The van der Waals surface area contributed by atoms with Crippen molar-refractivity contribution in [2.45, 2.75) is 12.5 Å². The number of halogens is 3. The molecular formula is C15H12Cl2INO. The fourth-order valence-corrected chi connectivity index (χ4v) is 3.52. The fraction of sp³-hybridized carbons (Fsp3) is 0.200. The average Bonchev–Trinajstić information content (AvgIpc) is 2.79. The predicted octanol–water partition coefficient (Wildman–Crippen LogP) is 5.01. The van der Waals surface area contributed by atoms with Crippen molar-refractivity contribution in [2.24, 2.45) is 0 Å². The molecule has 0 spiro atoms. The lowest BCUT2D eigenvalue weighted by Gasteiger charge is -2.14. The highest BCUT2D eigenvalue weighted by Crippen LogP contribution is 2.31. The molecule has 5 heteroatoms. The Bertz CT molecular complexity index is 648. The number of ether oxygens (including phenoxy) is 1. The Morgan fingerprint density at radius 1 is 1.15 bits per heavy atom. The van der Waals surface area contributed by atoms with Gasteiger partial charge in [0.25, 0.3) is 0 Å². The van der Waals surface area contributed by atoms with Crippen molar-refractivity contribution in [1.82, 2.24) is 0 Å². The van der Waals surface area contributed by atoms with Crippen LogP contribution < -0.4 is 10.1 Å². The number of rotatable bonds is 3. The summed E-state index contributed by atoms with van der Waals surface area (Å²) in [6, 6.07) is 11.6. The SMILES string of the molecule is Clc1ccc(NCC2Cc3cc(Cl)ccc3O2)c(I)c1. The lowest BCUT2D eigenvalue weighted by Crippen LogP contribution is -2.24. The Morgan fingerprint density at radius 3 is 2.70 bits per heavy atom. The van der Waals surface area contributed by atoms with E-state index >= 15 is 0 Å². The molecule has 1 heterocycles. The second-order valence-corrected chi connectivity index (χ2v) is 6.74. The molecule has 0 aromatic heterocycles. The maximum absolute atomic E-state index is 5.99. The summed E-state index contributed by atoms with van der Waals surface area (Å²) in [7, 11) is 0. The summed E-state index contributed by atoms with van der Waals surface area (Å²) in [5.74, 6) is 0.937. The van der Waals surface area contributed by atoms with Gasteiger partial charge in [-0.25, -0.2) is 0 Å². The molecular weight excluding hydrogens is 408 g/mol. The van der Waals surface area contributed by atoms with Gasteiger partial charge in [-0.3, -0.25) is 0 Å². The third-order valence-corrected chi connectivity index (χ3v) is 4.58. The molecule has 0 amide bonds. The first-order valence-electron chi connectivity index (χ1n) is 6.26. The van der Waals surface area contributed by atoms with Crippen molar-refractivity contribution in [2.75, 3.05) is 11.9 Å². The normalized spacial score (nSPS) is 16.6. The number of benzene rings is 2. The molecule has 1 N–H and O–H groups in total. The van der Waals surface area contributed by atoms with Crippen LogP contribution in [0.5, 0.6) is 5.75 Å². The van der Waals surface area contributed by atoms with Crippen LogP contribution in [-0.2, 0) is 6.42 Å². The lowest BCUT2D eigenvalue weighted by atomic mass is 10.1. The summed E-state index contributed by atoms with van der Waals surface area (Å²) >= 11 is 14.2. The number of fused-ring (bicyclic) bond motifs is 1. The second kappa shape index (κ2) is 6.00. The van der Waals surface area contributed by atoms with E-state index in [2.05, 4.69) is 27.9 Å². The van der Waals surface area contributed by atoms with E-state index < -0.39 is 0 Å². The molecule has 0 aliphatic carbocycles. The van der Waals surface area contributed by atoms with Crippen molar-refractivity contribution in [3.8, 4) is 5.75 Å². The Balaban J connectivity index is 1.63. The highest BCUT2D eigenvalue weighted by Gasteiger charge is 2.22. The van der Waals surface area contributed by atoms with Crippen LogP contribution in [0.4, 0.5) is 5.69 Å². The number of hydrogen-bond donors (Lipinski definition) is 1. The first-order valence-corrected chi connectivity index (χ1v) is 8.09. The van der Waals surface area contributed by atoms with Gasteiger partial charge in [0.05, 0.1) is 6.54 Å². The van der Waals surface area contributed by atoms with E-state index in [1.165, 1.54) is 5.56 Å². The molecule has 0 saturated heterocycles. The van der Waals surface area contributed by atoms with Crippen molar-refractivity contribution >= 4 is 51.5 Å². The van der Waals surface area contributed by atoms with Gasteiger partial charge in [-0.05, 0) is 64.6 Å². The van der Waals surface area contributed by atoms with Crippen LogP contribution in [0.25, 0.3) is 0 Å². The van der Waals surface area contributed by atoms with Crippen molar-refractivity contribution < 1.29 is 4.74 Å². The molecule has 2 aromatic carbocycles. The van der Waals surface area contributed by atoms with Crippen LogP contribution in [0.1, 0.15) is 5.56 Å². The quantitative estimate of drug-likeness (QED) is 0.705. The topological polar surface area (TPSA) is 21.3 Å². The Labute approximate surface area is 141 Å². The van der Waals surface area contributed by atoms with Gasteiger partial charge in [-0.2, -0.15) is 0 Å². The minimum atomic E-state index is 0.134. The zero-order valence-corrected chi connectivity index (χ0v) is 14.2. The third kappa shape index (κ3) is 3.15. The van der Waals surface area contributed by atoms with Crippen LogP contribution in [0.2, 0.25) is 10.0 Å². The summed E-state index contributed by atoms with van der Waals surface area (Å²) in [6.07, 6.45) is 1.02. The largest absolute Gasteiger partial charge is 0.488 e. The molecule has 3 rings (SSSR count). The molecule has 1 aliphatic rings. The number of hydrogen-bond acceptors (Lipinski definition) is 2. The van der Waals surface area contributed by atoms with E-state index in [9.17, 15) is 0 Å². The van der Waals surface area contributed by atoms with Crippen molar-refractivity contribution in [1.29, 1.82) is 0 Å². The van der Waals surface area contributed by atoms with Gasteiger partial charge in [-0.15, -0.1) is 0 Å². The Kier molecular flexibility index (Phi) is 4.29. The molecule has 20 heavy (non-hydrogen) atoms. The molecule has 0 radical (unpaired) electrons. The van der Waals surface area contributed by atoms with Crippen LogP contribution in [-0.4, -0.2) is 12.6 Å². The molecule has 2 aromatic rings. The van der Waals surface area contributed by atoms with Gasteiger partial charge in [-0.1, -0.05) is 23.2 Å². The molecule has 2 nitrogen and oxygen atoms in total. The van der Waals surface area contributed by atoms with E-state index in [-0.39, 0.29) is 6.10 Å². The molecule has 1 atom stereocenters. The number of nitrogens with one attached hydrogen (secondary N) is 1. The Hall–Kier alpha value is -0.650.